The van der Waals surface area contributed by atoms with Crippen LogP contribution in [0.1, 0.15) is 26.2 Å². The number of ether oxygens (including phenoxy) is 2. The van der Waals surface area contributed by atoms with E-state index in [1.807, 2.05) is 0 Å². The zero-order valence-electron chi connectivity index (χ0n) is 9.00. The van der Waals surface area contributed by atoms with E-state index in [-0.39, 0.29) is 0 Å². The zero-order valence-corrected chi connectivity index (χ0v) is 9.00. The molecule has 2 aliphatic rings. The van der Waals surface area contributed by atoms with Gasteiger partial charge in [-0.25, -0.2) is 0 Å². The summed E-state index contributed by atoms with van der Waals surface area (Å²) >= 11 is 0. The molecule has 1 aliphatic carbocycles. The molecule has 0 N–H and O–H groups in total. The standard InChI is InChI=1S/C12H20O2/c1-12(9-14-10-12)8-13-7-11-5-3-2-4-6-11/h2-3,11H,4-10H2,1H3. The molecular weight excluding hydrogens is 176 g/mol. The smallest absolute Gasteiger partial charge is 0.0564 e. The number of hydrogen-bond donors (Lipinski definition) is 0. The third-order valence-corrected chi connectivity index (χ3v) is 3.08. The van der Waals surface area contributed by atoms with Crippen LogP contribution in [0.15, 0.2) is 12.2 Å². The number of allylic oxidation sites excluding steroid dienone is 2. The van der Waals surface area contributed by atoms with Crippen molar-refractivity contribution in [1.82, 2.24) is 0 Å². The highest BCUT2D eigenvalue weighted by Gasteiger charge is 2.33. The average molecular weight is 196 g/mol. The predicted octanol–water partition coefficient (Wildman–Crippen LogP) is 2.40. The summed E-state index contributed by atoms with van der Waals surface area (Å²) in [4.78, 5) is 0. The van der Waals surface area contributed by atoms with E-state index in [9.17, 15) is 0 Å². The van der Waals surface area contributed by atoms with Crippen LogP contribution < -0.4 is 0 Å². The summed E-state index contributed by atoms with van der Waals surface area (Å²) in [6.07, 6.45) is 8.29. The molecule has 1 atom stereocenters. The van der Waals surface area contributed by atoms with Crippen molar-refractivity contribution in [3.63, 3.8) is 0 Å². The Balaban J connectivity index is 1.60. The molecule has 14 heavy (non-hydrogen) atoms. The predicted molar refractivity (Wildman–Crippen MR) is 56.2 cm³/mol. The first-order valence-corrected chi connectivity index (χ1v) is 5.59. The third kappa shape index (κ3) is 2.58. The first kappa shape index (κ1) is 10.2. The van der Waals surface area contributed by atoms with Gasteiger partial charge in [0.05, 0.1) is 19.8 Å². The highest BCUT2D eigenvalue weighted by Crippen LogP contribution is 2.27. The van der Waals surface area contributed by atoms with Crippen LogP contribution in [0.3, 0.4) is 0 Å². The molecule has 0 aromatic rings. The molecule has 0 saturated carbocycles. The fourth-order valence-corrected chi connectivity index (χ4v) is 2.01. The van der Waals surface area contributed by atoms with Crippen LogP contribution >= 0.6 is 0 Å². The normalized spacial score (nSPS) is 29.9. The summed E-state index contributed by atoms with van der Waals surface area (Å²) in [6.45, 7) is 5.78. The molecule has 2 rings (SSSR count). The minimum Gasteiger partial charge on any atom is -0.380 e. The van der Waals surface area contributed by atoms with Gasteiger partial charge >= 0.3 is 0 Å². The zero-order chi connectivity index (χ0) is 9.86. The molecule has 0 radical (unpaired) electrons. The fourth-order valence-electron chi connectivity index (χ4n) is 2.01. The Morgan fingerprint density at radius 1 is 1.43 bits per heavy atom. The van der Waals surface area contributed by atoms with Gasteiger partial charge in [0.25, 0.3) is 0 Å². The summed E-state index contributed by atoms with van der Waals surface area (Å²) < 4.78 is 11.0. The van der Waals surface area contributed by atoms with Gasteiger partial charge in [0, 0.05) is 12.0 Å². The Morgan fingerprint density at radius 3 is 2.86 bits per heavy atom. The summed E-state index contributed by atoms with van der Waals surface area (Å²) in [5.74, 6) is 0.754. The average Bonchev–Trinajstić information content (AvgIpc) is 2.17. The second-order valence-corrected chi connectivity index (χ2v) is 4.97. The van der Waals surface area contributed by atoms with Crippen molar-refractivity contribution in [1.29, 1.82) is 0 Å². The van der Waals surface area contributed by atoms with Crippen molar-refractivity contribution >= 4 is 0 Å². The first-order chi connectivity index (χ1) is 6.79. The van der Waals surface area contributed by atoms with Crippen LogP contribution in [-0.2, 0) is 9.47 Å². The third-order valence-electron chi connectivity index (χ3n) is 3.08. The number of rotatable bonds is 4. The van der Waals surface area contributed by atoms with Crippen molar-refractivity contribution in [2.45, 2.75) is 26.2 Å². The van der Waals surface area contributed by atoms with E-state index in [4.69, 9.17) is 9.47 Å². The highest BCUT2D eigenvalue weighted by molar-refractivity contribution is 4.90. The maximum atomic E-state index is 5.77. The van der Waals surface area contributed by atoms with Crippen LogP contribution in [0.2, 0.25) is 0 Å². The summed E-state index contributed by atoms with van der Waals surface area (Å²) in [5, 5.41) is 0. The summed E-state index contributed by atoms with van der Waals surface area (Å²) in [5.41, 5.74) is 0.310. The van der Waals surface area contributed by atoms with Crippen LogP contribution in [0.4, 0.5) is 0 Å². The Kier molecular flexibility index (Phi) is 3.24. The SMILES string of the molecule is CC1(COCC2CC=CCC2)COC1. The highest BCUT2D eigenvalue weighted by atomic mass is 16.5. The second-order valence-electron chi connectivity index (χ2n) is 4.97. The van der Waals surface area contributed by atoms with Crippen molar-refractivity contribution in [2.75, 3.05) is 26.4 Å². The molecule has 0 spiro atoms. The maximum absolute atomic E-state index is 5.77. The van der Waals surface area contributed by atoms with Gasteiger partial charge in [-0.2, -0.15) is 0 Å². The van der Waals surface area contributed by atoms with E-state index in [1.54, 1.807) is 0 Å². The van der Waals surface area contributed by atoms with Gasteiger partial charge in [0.15, 0.2) is 0 Å². The Hall–Kier alpha value is -0.340. The lowest BCUT2D eigenvalue weighted by molar-refractivity contribution is -0.140. The minimum atomic E-state index is 0.310. The van der Waals surface area contributed by atoms with E-state index < -0.39 is 0 Å². The monoisotopic (exact) mass is 196 g/mol. The van der Waals surface area contributed by atoms with E-state index in [2.05, 4.69) is 19.1 Å². The molecule has 1 saturated heterocycles. The van der Waals surface area contributed by atoms with Crippen LogP contribution in [0.5, 0.6) is 0 Å². The molecule has 0 aromatic carbocycles. The molecular formula is C12H20O2. The molecule has 1 heterocycles. The van der Waals surface area contributed by atoms with E-state index >= 15 is 0 Å². The second kappa shape index (κ2) is 4.45. The molecule has 1 aliphatic heterocycles. The van der Waals surface area contributed by atoms with Crippen molar-refractivity contribution < 1.29 is 9.47 Å². The van der Waals surface area contributed by atoms with E-state index in [0.29, 0.717) is 5.41 Å². The molecule has 1 unspecified atom stereocenters. The molecule has 1 fully saturated rings. The van der Waals surface area contributed by atoms with Crippen molar-refractivity contribution in [2.24, 2.45) is 11.3 Å². The lowest BCUT2D eigenvalue weighted by atomic mass is 9.90. The molecule has 2 heteroatoms. The molecule has 0 amide bonds. The topological polar surface area (TPSA) is 18.5 Å². The molecule has 0 aromatic heterocycles. The van der Waals surface area contributed by atoms with Crippen LogP contribution in [0, 0.1) is 11.3 Å². The molecule has 0 bridgehead atoms. The lowest BCUT2D eigenvalue weighted by Crippen LogP contribution is -2.43. The van der Waals surface area contributed by atoms with Crippen molar-refractivity contribution in [3.8, 4) is 0 Å². The van der Waals surface area contributed by atoms with Gasteiger partial charge in [-0.15, -0.1) is 0 Å². The van der Waals surface area contributed by atoms with Gasteiger partial charge in [-0.3, -0.25) is 0 Å². The van der Waals surface area contributed by atoms with Gasteiger partial charge in [-0.1, -0.05) is 19.1 Å². The molecule has 2 nitrogen and oxygen atoms in total. The molecule has 80 valence electrons. The van der Waals surface area contributed by atoms with E-state index in [0.717, 1.165) is 32.3 Å². The Morgan fingerprint density at radius 2 is 2.29 bits per heavy atom. The van der Waals surface area contributed by atoms with Crippen LogP contribution in [-0.4, -0.2) is 26.4 Å². The van der Waals surface area contributed by atoms with Gasteiger partial charge in [0.2, 0.25) is 0 Å². The number of hydrogen-bond acceptors (Lipinski definition) is 2. The summed E-state index contributed by atoms with van der Waals surface area (Å²) in [7, 11) is 0. The quantitative estimate of drug-likeness (QED) is 0.643. The maximum Gasteiger partial charge on any atom is 0.0564 e. The van der Waals surface area contributed by atoms with Gasteiger partial charge < -0.3 is 9.47 Å². The Labute approximate surface area is 86.3 Å². The lowest BCUT2D eigenvalue weighted by Gasteiger charge is -2.38. The van der Waals surface area contributed by atoms with Gasteiger partial charge in [0.1, 0.15) is 0 Å². The summed E-state index contributed by atoms with van der Waals surface area (Å²) in [6, 6.07) is 0. The van der Waals surface area contributed by atoms with Crippen molar-refractivity contribution in [3.05, 3.63) is 12.2 Å². The van der Waals surface area contributed by atoms with E-state index in [1.165, 1.54) is 19.3 Å². The van der Waals surface area contributed by atoms with Gasteiger partial charge in [-0.05, 0) is 25.2 Å². The first-order valence-electron chi connectivity index (χ1n) is 5.59. The van der Waals surface area contributed by atoms with Crippen LogP contribution in [0.25, 0.3) is 0 Å². The fraction of sp³-hybridized carbons (Fsp3) is 0.833. The minimum absolute atomic E-state index is 0.310. The largest absolute Gasteiger partial charge is 0.380 e. The Bertz CT molecular complexity index is 206.